The van der Waals surface area contributed by atoms with Crippen molar-refractivity contribution in [2.75, 3.05) is 39.8 Å². The summed E-state index contributed by atoms with van der Waals surface area (Å²) >= 11 is 0. The van der Waals surface area contributed by atoms with Crippen molar-refractivity contribution in [3.63, 3.8) is 0 Å². The van der Waals surface area contributed by atoms with Gasteiger partial charge in [0.25, 0.3) is 0 Å². The Morgan fingerprint density at radius 2 is 1.95 bits per heavy atom. The first kappa shape index (κ1) is 14.3. The second kappa shape index (κ2) is 6.44. The van der Waals surface area contributed by atoms with E-state index in [1.54, 1.807) is 0 Å². The maximum atomic E-state index is 12.7. The van der Waals surface area contributed by atoms with Crippen LogP contribution in [0.3, 0.4) is 0 Å². The van der Waals surface area contributed by atoms with E-state index in [9.17, 15) is 4.79 Å². The van der Waals surface area contributed by atoms with E-state index in [4.69, 9.17) is 4.74 Å². The van der Waals surface area contributed by atoms with Gasteiger partial charge in [-0.25, -0.2) is 0 Å². The summed E-state index contributed by atoms with van der Waals surface area (Å²) in [7, 11) is 2.14. The first-order valence-corrected chi connectivity index (χ1v) is 8.31. The van der Waals surface area contributed by atoms with Crippen molar-refractivity contribution in [3.05, 3.63) is 0 Å². The van der Waals surface area contributed by atoms with E-state index < -0.39 is 0 Å². The van der Waals surface area contributed by atoms with Gasteiger partial charge in [0.15, 0.2) is 0 Å². The van der Waals surface area contributed by atoms with Gasteiger partial charge < -0.3 is 14.5 Å². The number of amides is 1. The third kappa shape index (κ3) is 3.73. The fraction of sp³-hybridized carbons (Fsp3) is 0.938. The minimum absolute atomic E-state index is 0.206. The zero-order valence-corrected chi connectivity index (χ0v) is 12.7. The Morgan fingerprint density at radius 1 is 1.20 bits per heavy atom. The molecule has 2 saturated carbocycles. The number of likely N-dealkylation sites (N-methyl/N-ethyl adjacent to an activating group) is 1. The van der Waals surface area contributed by atoms with Crippen LogP contribution in [0.2, 0.25) is 0 Å². The van der Waals surface area contributed by atoms with Crippen LogP contribution in [0.5, 0.6) is 0 Å². The van der Waals surface area contributed by atoms with Crippen molar-refractivity contribution < 1.29 is 9.53 Å². The first-order valence-electron chi connectivity index (χ1n) is 8.31. The minimum Gasteiger partial charge on any atom is -0.374 e. The van der Waals surface area contributed by atoms with Gasteiger partial charge in [-0.3, -0.25) is 4.79 Å². The van der Waals surface area contributed by atoms with E-state index in [0.717, 1.165) is 51.5 Å². The molecule has 1 heterocycles. The second-order valence-electron chi connectivity index (χ2n) is 6.92. The third-order valence-corrected chi connectivity index (χ3v) is 4.96. The van der Waals surface area contributed by atoms with Crippen LogP contribution in [-0.4, -0.2) is 61.6 Å². The van der Waals surface area contributed by atoms with E-state index >= 15 is 0 Å². The molecule has 1 atom stereocenters. The largest absolute Gasteiger partial charge is 0.374 e. The average molecular weight is 280 g/mol. The molecule has 0 radical (unpaired) electrons. The topological polar surface area (TPSA) is 32.8 Å². The average Bonchev–Trinajstić information content (AvgIpc) is 3.08. The molecular formula is C16H28N2O2. The standard InChI is InChI=1S/C16H28N2O2/c1-17-8-9-20-15(11-17)12-18(10-13-6-7-13)16(19)14-4-2-3-5-14/h13-15H,2-12H2,1H3. The van der Waals surface area contributed by atoms with Gasteiger partial charge in [0, 0.05) is 32.1 Å². The normalized spacial score (nSPS) is 28.8. The summed E-state index contributed by atoms with van der Waals surface area (Å²) in [6.07, 6.45) is 7.49. The van der Waals surface area contributed by atoms with E-state index in [2.05, 4.69) is 16.8 Å². The smallest absolute Gasteiger partial charge is 0.225 e. The molecule has 3 aliphatic rings. The van der Waals surface area contributed by atoms with Crippen molar-refractivity contribution in [1.29, 1.82) is 0 Å². The number of nitrogens with zero attached hydrogens (tertiary/aromatic N) is 2. The summed E-state index contributed by atoms with van der Waals surface area (Å²) in [5.74, 6) is 1.47. The van der Waals surface area contributed by atoms with E-state index in [1.807, 2.05) is 0 Å². The van der Waals surface area contributed by atoms with Crippen LogP contribution in [-0.2, 0) is 9.53 Å². The predicted octanol–water partition coefficient (Wildman–Crippen LogP) is 1.75. The molecule has 1 aliphatic heterocycles. The summed E-state index contributed by atoms with van der Waals surface area (Å²) in [4.78, 5) is 17.2. The fourth-order valence-electron chi connectivity index (χ4n) is 3.52. The summed E-state index contributed by atoms with van der Waals surface area (Å²) in [6, 6.07) is 0. The fourth-order valence-corrected chi connectivity index (χ4v) is 3.52. The molecule has 114 valence electrons. The van der Waals surface area contributed by atoms with Gasteiger partial charge in [-0.1, -0.05) is 12.8 Å². The van der Waals surface area contributed by atoms with Crippen molar-refractivity contribution in [3.8, 4) is 0 Å². The molecule has 20 heavy (non-hydrogen) atoms. The third-order valence-electron chi connectivity index (χ3n) is 4.96. The van der Waals surface area contributed by atoms with Crippen molar-refractivity contribution in [2.45, 2.75) is 44.6 Å². The lowest BCUT2D eigenvalue weighted by atomic mass is 10.1. The highest BCUT2D eigenvalue weighted by molar-refractivity contribution is 5.79. The van der Waals surface area contributed by atoms with Gasteiger partial charge in [0.05, 0.1) is 12.7 Å². The molecule has 3 rings (SSSR count). The van der Waals surface area contributed by atoms with Crippen molar-refractivity contribution in [2.24, 2.45) is 11.8 Å². The quantitative estimate of drug-likeness (QED) is 0.769. The molecular weight excluding hydrogens is 252 g/mol. The van der Waals surface area contributed by atoms with Gasteiger partial charge in [-0.2, -0.15) is 0 Å². The Balaban J connectivity index is 1.57. The number of ether oxygens (including phenoxy) is 1. The molecule has 3 fully saturated rings. The maximum Gasteiger partial charge on any atom is 0.225 e. The van der Waals surface area contributed by atoms with E-state index in [1.165, 1.54) is 25.7 Å². The second-order valence-corrected chi connectivity index (χ2v) is 6.92. The Hall–Kier alpha value is -0.610. The van der Waals surface area contributed by atoms with Gasteiger partial charge >= 0.3 is 0 Å². The molecule has 0 bridgehead atoms. The molecule has 0 aromatic heterocycles. The summed E-state index contributed by atoms with van der Waals surface area (Å²) in [6.45, 7) is 4.54. The van der Waals surface area contributed by atoms with Crippen LogP contribution in [0.1, 0.15) is 38.5 Å². The number of carbonyl (C=O) groups excluding carboxylic acids is 1. The predicted molar refractivity (Wildman–Crippen MR) is 78.5 cm³/mol. The molecule has 0 aromatic carbocycles. The van der Waals surface area contributed by atoms with Crippen LogP contribution in [0.15, 0.2) is 0 Å². The van der Waals surface area contributed by atoms with Crippen LogP contribution in [0.4, 0.5) is 0 Å². The van der Waals surface area contributed by atoms with Gasteiger partial charge in [-0.05, 0) is 38.6 Å². The van der Waals surface area contributed by atoms with Crippen molar-refractivity contribution >= 4 is 5.91 Å². The van der Waals surface area contributed by atoms with Crippen LogP contribution in [0.25, 0.3) is 0 Å². The number of morpholine rings is 1. The lowest BCUT2D eigenvalue weighted by Crippen LogP contribution is -2.49. The molecule has 2 aliphatic carbocycles. The number of rotatable bonds is 5. The lowest BCUT2D eigenvalue weighted by Gasteiger charge is -2.35. The lowest BCUT2D eigenvalue weighted by molar-refractivity contribution is -0.139. The molecule has 1 amide bonds. The zero-order chi connectivity index (χ0) is 13.9. The summed E-state index contributed by atoms with van der Waals surface area (Å²) < 4.78 is 5.86. The molecule has 0 N–H and O–H groups in total. The SMILES string of the molecule is CN1CCOC(CN(CC2CC2)C(=O)C2CCCC2)C1. The molecule has 0 aromatic rings. The highest BCUT2D eigenvalue weighted by Gasteiger charge is 2.33. The van der Waals surface area contributed by atoms with Crippen molar-refractivity contribution in [1.82, 2.24) is 9.80 Å². The van der Waals surface area contributed by atoms with E-state index in [-0.39, 0.29) is 6.10 Å². The monoisotopic (exact) mass is 280 g/mol. The van der Waals surface area contributed by atoms with Gasteiger partial charge in [-0.15, -0.1) is 0 Å². The Labute approximate surface area is 122 Å². The number of hydrogen-bond donors (Lipinski definition) is 0. The highest BCUT2D eigenvalue weighted by Crippen LogP contribution is 2.32. The highest BCUT2D eigenvalue weighted by atomic mass is 16.5. The number of hydrogen-bond acceptors (Lipinski definition) is 3. The maximum absolute atomic E-state index is 12.7. The van der Waals surface area contributed by atoms with Crippen LogP contribution >= 0.6 is 0 Å². The Morgan fingerprint density at radius 3 is 2.60 bits per heavy atom. The molecule has 4 nitrogen and oxygen atoms in total. The molecule has 4 heteroatoms. The van der Waals surface area contributed by atoms with Crippen LogP contribution in [0, 0.1) is 11.8 Å². The Kier molecular flexibility index (Phi) is 4.61. The first-order chi connectivity index (χ1) is 9.72. The van der Waals surface area contributed by atoms with Gasteiger partial charge in [0.1, 0.15) is 0 Å². The van der Waals surface area contributed by atoms with Gasteiger partial charge in [0.2, 0.25) is 5.91 Å². The zero-order valence-electron chi connectivity index (χ0n) is 12.7. The Bertz CT molecular complexity index is 337. The molecule has 1 unspecified atom stereocenters. The van der Waals surface area contributed by atoms with E-state index in [0.29, 0.717) is 11.8 Å². The summed E-state index contributed by atoms with van der Waals surface area (Å²) in [5.41, 5.74) is 0. The molecule has 0 spiro atoms. The van der Waals surface area contributed by atoms with Crippen LogP contribution < -0.4 is 0 Å². The molecule has 1 saturated heterocycles. The minimum atomic E-state index is 0.206. The summed E-state index contributed by atoms with van der Waals surface area (Å²) in [5, 5.41) is 0. The number of carbonyl (C=O) groups is 1.